The molecule has 2 saturated heterocycles. The fraction of sp³-hybridized carbons (Fsp3) is 0.667. The Balaban J connectivity index is 1.40. The number of hydrogen-bond donors (Lipinski definition) is 3. The summed E-state index contributed by atoms with van der Waals surface area (Å²) in [6.07, 6.45) is 1.30. The summed E-state index contributed by atoms with van der Waals surface area (Å²) in [7, 11) is 0. The zero-order valence-electron chi connectivity index (χ0n) is 16.4. The number of likely N-dealkylation sites (tertiary alicyclic amines) is 1. The van der Waals surface area contributed by atoms with Crippen LogP contribution in [0.1, 0.15) is 31.4 Å². The van der Waals surface area contributed by atoms with Gasteiger partial charge < -0.3 is 19.9 Å². The molecule has 1 aromatic rings. The van der Waals surface area contributed by atoms with Crippen molar-refractivity contribution >= 4 is 5.91 Å². The van der Waals surface area contributed by atoms with Crippen LogP contribution in [0.3, 0.4) is 0 Å². The summed E-state index contributed by atoms with van der Waals surface area (Å²) < 4.78 is 5.41. The van der Waals surface area contributed by atoms with E-state index in [1.807, 2.05) is 0 Å². The highest BCUT2D eigenvalue weighted by molar-refractivity contribution is 5.76. The lowest BCUT2D eigenvalue weighted by Gasteiger charge is -2.31. The first-order valence-corrected chi connectivity index (χ1v) is 10.2. The molecule has 0 bridgehead atoms. The van der Waals surface area contributed by atoms with Gasteiger partial charge in [0.2, 0.25) is 0 Å². The summed E-state index contributed by atoms with van der Waals surface area (Å²) in [5, 5.41) is 3.10. The van der Waals surface area contributed by atoms with Gasteiger partial charge in [0, 0.05) is 23.9 Å². The van der Waals surface area contributed by atoms with Gasteiger partial charge in [-0.25, -0.2) is 0 Å². The van der Waals surface area contributed by atoms with E-state index in [1.165, 1.54) is 22.4 Å². The molecule has 144 valence electrons. The molecule has 0 aliphatic carbocycles. The molecule has 2 aliphatic heterocycles. The van der Waals surface area contributed by atoms with Crippen molar-refractivity contribution < 1.29 is 19.3 Å². The Kier molecular flexibility index (Phi) is 7.06. The molecule has 0 aromatic heterocycles. The second-order valence-electron chi connectivity index (χ2n) is 8.41. The average molecular weight is 362 g/mol. The van der Waals surface area contributed by atoms with Crippen molar-refractivity contribution in [1.82, 2.24) is 5.32 Å². The molecule has 3 atom stereocenters. The second kappa shape index (κ2) is 9.49. The maximum absolute atomic E-state index is 12.3. The maximum Gasteiger partial charge on any atom is 0.275 e. The van der Waals surface area contributed by atoms with Crippen LogP contribution in [0.15, 0.2) is 24.3 Å². The molecular weight excluding hydrogens is 326 g/mol. The minimum Gasteiger partial charge on any atom is -0.370 e. The van der Waals surface area contributed by atoms with Crippen molar-refractivity contribution in [2.24, 2.45) is 11.8 Å². The van der Waals surface area contributed by atoms with Gasteiger partial charge in [0.25, 0.3) is 5.91 Å². The number of carbonyl (C=O) groups is 1. The van der Waals surface area contributed by atoms with Gasteiger partial charge in [-0.2, -0.15) is 0 Å². The number of hydrogen-bond acceptors (Lipinski definition) is 2. The van der Waals surface area contributed by atoms with Crippen molar-refractivity contribution in [2.45, 2.75) is 33.4 Å². The smallest absolute Gasteiger partial charge is 0.275 e. The fourth-order valence-electron chi connectivity index (χ4n) is 4.46. The van der Waals surface area contributed by atoms with Gasteiger partial charge in [-0.15, -0.1) is 0 Å². The second-order valence-corrected chi connectivity index (χ2v) is 8.41. The van der Waals surface area contributed by atoms with Gasteiger partial charge in [-0.1, -0.05) is 38.1 Å². The standard InChI is InChI=1S/C21H33N3O2/c1-17-11-18(2)14-24(13-17)16-21(25)22-12-19-3-5-20(6-4-19)15-23-7-9-26-10-8-23/h3-6,17-18H,7-16H2,1-2H3,(H,22,25)/p+2/t17-,18+. The van der Waals surface area contributed by atoms with E-state index in [2.05, 4.69) is 43.4 Å². The Labute approximate surface area is 157 Å². The first-order chi connectivity index (χ1) is 12.6. The molecule has 5 nitrogen and oxygen atoms in total. The van der Waals surface area contributed by atoms with E-state index in [0.29, 0.717) is 13.1 Å². The molecule has 2 heterocycles. The number of rotatable bonds is 6. The summed E-state index contributed by atoms with van der Waals surface area (Å²) in [6.45, 7) is 13.1. The van der Waals surface area contributed by atoms with Gasteiger partial charge in [-0.3, -0.25) is 4.79 Å². The number of quaternary nitrogens is 2. The normalized spacial score (nSPS) is 27.2. The van der Waals surface area contributed by atoms with Crippen LogP contribution >= 0.6 is 0 Å². The fourth-order valence-corrected chi connectivity index (χ4v) is 4.46. The number of benzene rings is 1. The highest BCUT2D eigenvalue weighted by Crippen LogP contribution is 2.11. The van der Waals surface area contributed by atoms with E-state index in [1.54, 1.807) is 4.90 Å². The molecule has 26 heavy (non-hydrogen) atoms. The van der Waals surface area contributed by atoms with Crippen LogP contribution in [0.5, 0.6) is 0 Å². The van der Waals surface area contributed by atoms with Gasteiger partial charge in [0.1, 0.15) is 19.6 Å². The topological polar surface area (TPSA) is 47.2 Å². The van der Waals surface area contributed by atoms with E-state index in [0.717, 1.165) is 57.8 Å². The van der Waals surface area contributed by atoms with Crippen molar-refractivity contribution in [3.05, 3.63) is 35.4 Å². The quantitative estimate of drug-likeness (QED) is 0.626. The molecule has 2 aliphatic rings. The number of ether oxygens (including phenoxy) is 1. The summed E-state index contributed by atoms with van der Waals surface area (Å²) in [5.74, 6) is 1.62. The van der Waals surface area contributed by atoms with Gasteiger partial charge in [0.05, 0.1) is 26.3 Å². The number of amides is 1. The number of carbonyl (C=O) groups excluding carboxylic acids is 1. The first kappa shape index (κ1) is 19.3. The maximum atomic E-state index is 12.3. The van der Waals surface area contributed by atoms with Crippen LogP contribution < -0.4 is 15.1 Å². The summed E-state index contributed by atoms with van der Waals surface area (Å²) in [6, 6.07) is 8.69. The molecule has 1 unspecified atom stereocenters. The Bertz CT molecular complexity index is 559. The Morgan fingerprint density at radius 1 is 1.04 bits per heavy atom. The van der Waals surface area contributed by atoms with E-state index in [-0.39, 0.29) is 5.91 Å². The van der Waals surface area contributed by atoms with Crippen molar-refractivity contribution in [3.63, 3.8) is 0 Å². The Hall–Kier alpha value is -1.43. The number of piperidine rings is 1. The molecule has 0 radical (unpaired) electrons. The van der Waals surface area contributed by atoms with Crippen molar-refractivity contribution in [3.8, 4) is 0 Å². The third-order valence-corrected chi connectivity index (χ3v) is 5.66. The monoisotopic (exact) mass is 361 g/mol. The number of nitrogens with one attached hydrogen (secondary N) is 3. The molecule has 0 spiro atoms. The predicted octanol–water partition coefficient (Wildman–Crippen LogP) is -0.721. The van der Waals surface area contributed by atoms with Crippen molar-refractivity contribution in [2.75, 3.05) is 45.9 Å². The van der Waals surface area contributed by atoms with Gasteiger partial charge >= 0.3 is 0 Å². The predicted molar refractivity (Wildman–Crippen MR) is 102 cm³/mol. The van der Waals surface area contributed by atoms with Crippen LogP contribution in [0, 0.1) is 11.8 Å². The third-order valence-electron chi connectivity index (χ3n) is 5.66. The zero-order valence-corrected chi connectivity index (χ0v) is 16.4. The molecule has 3 rings (SSSR count). The van der Waals surface area contributed by atoms with Crippen LogP contribution in [0.25, 0.3) is 0 Å². The molecule has 5 heteroatoms. The molecule has 2 fully saturated rings. The molecule has 1 amide bonds. The minimum absolute atomic E-state index is 0.170. The first-order valence-electron chi connectivity index (χ1n) is 10.2. The lowest BCUT2D eigenvalue weighted by atomic mass is 9.92. The highest BCUT2D eigenvalue weighted by Gasteiger charge is 2.26. The van der Waals surface area contributed by atoms with E-state index in [9.17, 15) is 4.79 Å². The molecule has 1 aromatic carbocycles. The molecule has 3 N–H and O–H groups in total. The lowest BCUT2D eigenvalue weighted by molar-refractivity contribution is -0.921. The summed E-state index contributed by atoms with van der Waals surface area (Å²) in [4.78, 5) is 15.3. The molecular formula is C21H35N3O2+2. The summed E-state index contributed by atoms with van der Waals surface area (Å²) >= 11 is 0. The minimum atomic E-state index is 0.170. The third kappa shape index (κ3) is 6.08. The van der Waals surface area contributed by atoms with E-state index in [4.69, 9.17) is 4.74 Å². The van der Waals surface area contributed by atoms with E-state index >= 15 is 0 Å². The SMILES string of the molecule is C[C@@H]1C[C@H](C)C[NH+](CC(=O)NCc2ccc(C[NH+]3CCOCC3)cc2)C1. The number of morpholine rings is 1. The van der Waals surface area contributed by atoms with Gasteiger partial charge in [0.15, 0.2) is 6.54 Å². The van der Waals surface area contributed by atoms with Crippen molar-refractivity contribution in [1.29, 1.82) is 0 Å². The molecule has 0 saturated carbocycles. The Morgan fingerprint density at radius 2 is 1.65 bits per heavy atom. The van der Waals surface area contributed by atoms with Crippen LogP contribution in [-0.2, 0) is 22.6 Å². The van der Waals surface area contributed by atoms with E-state index < -0.39 is 0 Å². The average Bonchev–Trinajstić information content (AvgIpc) is 2.61. The highest BCUT2D eigenvalue weighted by atomic mass is 16.5. The summed E-state index contributed by atoms with van der Waals surface area (Å²) in [5.41, 5.74) is 2.53. The van der Waals surface area contributed by atoms with Crippen LogP contribution in [0.2, 0.25) is 0 Å². The zero-order chi connectivity index (χ0) is 18.4. The van der Waals surface area contributed by atoms with Gasteiger partial charge in [-0.05, 0) is 12.0 Å². The Morgan fingerprint density at radius 3 is 2.31 bits per heavy atom. The van der Waals surface area contributed by atoms with Crippen LogP contribution in [-0.4, -0.2) is 51.8 Å². The van der Waals surface area contributed by atoms with Crippen LogP contribution in [0.4, 0.5) is 0 Å². The lowest BCUT2D eigenvalue weighted by Crippen LogP contribution is -3.15. The largest absolute Gasteiger partial charge is 0.370 e.